The average Bonchev–Trinajstić information content (AvgIpc) is 2.59. The molecule has 0 bridgehead atoms. The van der Waals surface area contributed by atoms with Crippen LogP contribution in [-0.2, 0) is 6.54 Å². The van der Waals surface area contributed by atoms with Gasteiger partial charge in [-0.05, 0) is 23.8 Å². The molecule has 1 aliphatic rings. The van der Waals surface area contributed by atoms with Gasteiger partial charge in [-0.2, -0.15) is 5.10 Å². The summed E-state index contributed by atoms with van der Waals surface area (Å²) in [4.78, 5) is 6.32. The molecular weight excluding hydrogens is 322 g/mol. The van der Waals surface area contributed by atoms with E-state index in [4.69, 9.17) is 17.3 Å². The van der Waals surface area contributed by atoms with Crippen molar-refractivity contribution in [1.82, 2.24) is 5.01 Å². The van der Waals surface area contributed by atoms with Crippen LogP contribution in [0.1, 0.15) is 5.56 Å². The SMILES string of the molecule is C=NN(Cc1ccccc1)C(=C)N1CC(N)=Nc2ccc(Cl)cc21. The number of benzene rings is 2. The van der Waals surface area contributed by atoms with Crippen LogP contribution in [0.5, 0.6) is 0 Å². The predicted octanol–water partition coefficient (Wildman–Crippen LogP) is 3.74. The molecule has 24 heavy (non-hydrogen) atoms. The second kappa shape index (κ2) is 6.76. The molecular formula is C18H18ClN5. The highest BCUT2D eigenvalue weighted by atomic mass is 35.5. The third-order valence-corrected chi connectivity index (χ3v) is 4.00. The van der Waals surface area contributed by atoms with Gasteiger partial charge in [-0.3, -0.25) is 0 Å². The number of aliphatic imine (C=N–C) groups is 1. The third kappa shape index (κ3) is 3.26. The summed E-state index contributed by atoms with van der Waals surface area (Å²) in [6, 6.07) is 15.5. The van der Waals surface area contributed by atoms with E-state index in [9.17, 15) is 0 Å². The van der Waals surface area contributed by atoms with E-state index in [2.05, 4.69) is 23.4 Å². The number of fused-ring (bicyclic) bond motifs is 1. The summed E-state index contributed by atoms with van der Waals surface area (Å²) in [5.74, 6) is 1.17. The van der Waals surface area contributed by atoms with Gasteiger partial charge < -0.3 is 10.6 Å². The Labute approximate surface area is 146 Å². The topological polar surface area (TPSA) is 57.2 Å². The minimum atomic E-state index is 0.424. The van der Waals surface area contributed by atoms with Crippen molar-refractivity contribution in [3.63, 3.8) is 0 Å². The zero-order valence-corrected chi connectivity index (χ0v) is 13.9. The number of hydrazone groups is 1. The lowest BCUT2D eigenvalue weighted by molar-refractivity contribution is 0.351. The Hall–Kier alpha value is -2.79. The fourth-order valence-electron chi connectivity index (χ4n) is 2.59. The molecule has 0 amide bonds. The standard InChI is InChI=1S/C18H18ClN5/c1-13(24(21-2)11-14-6-4-3-5-7-14)23-12-18(20)22-16-9-8-15(19)10-17(16)23/h3-10H,1-2,11-12H2,(H2,20,22). The monoisotopic (exact) mass is 339 g/mol. The maximum absolute atomic E-state index is 6.14. The number of hydrogen-bond acceptors (Lipinski definition) is 5. The maximum Gasteiger partial charge on any atom is 0.123 e. The lowest BCUT2D eigenvalue weighted by Gasteiger charge is -2.34. The molecule has 3 rings (SSSR count). The molecule has 0 aliphatic carbocycles. The minimum absolute atomic E-state index is 0.424. The molecule has 0 saturated heterocycles. The molecule has 2 aromatic rings. The first kappa shape index (κ1) is 16.1. The molecule has 122 valence electrons. The Morgan fingerprint density at radius 1 is 1.29 bits per heavy atom. The molecule has 0 fully saturated rings. The van der Waals surface area contributed by atoms with Crippen molar-refractivity contribution in [2.45, 2.75) is 6.54 Å². The van der Waals surface area contributed by atoms with Crippen molar-refractivity contribution in [2.75, 3.05) is 11.4 Å². The Morgan fingerprint density at radius 2 is 2.04 bits per heavy atom. The van der Waals surface area contributed by atoms with Crippen molar-refractivity contribution >= 4 is 35.5 Å². The predicted molar refractivity (Wildman–Crippen MR) is 101 cm³/mol. The van der Waals surface area contributed by atoms with Crippen LogP contribution < -0.4 is 10.6 Å². The Morgan fingerprint density at radius 3 is 2.75 bits per heavy atom. The smallest absolute Gasteiger partial charge is 0.123 e. The highest BCUT2D eigenvalue weighted by molar-refractivity contribution is 6.31. The van der Waals surface area contributed by atoms with Crippen molar-refractivity contribution < 1.29 is 0 Å². The van der Waals surface area contributed by atoms with Crippen molar-refractivity contribution in [3.05, 3.63) is 71.5 Å². The summed E-state index contributed by atoms with van der Waals surface area (Å²) in [7, 11) is 0. The highest BCUT2D eigenvalue weighted by Gasteiger charge is 2.23. The summed E-state index contributed by atoms with van der Waals surface area (Å²) in [6.07, 6.45) is 0. The van der Waals surface area contributed by atoms with Gasteiger partial charge in [0.1, 0.15) is 11.7 Å². The number of nitrogens with two attached hydrogens (primary N) is 1. The molecule has 0 saturated carbocycles. The zero-order valence-electron chi connectivity index (χ0n) is 13.2. The van der Waals surface area contributed by atoms with Crippen LogP contribution in [0.25, 0.3) is 0 Å². The zero-order chi connectivity index (χ0) is 17.1. The van der Waals surface area contributed by atoms with Crippen LogP contribution >= 0.6 is 11.6 Å². The molecule has 2 N–H and O–H groups in total. The number of halogens is 1. The summed E-state index contributed by atoms with van der Waals surface area (Å²) in [5.41, 5.74) is 8.69. The second-order valence-electron chi connectivity index (χ2n) is 5.42. The number of amidine groups is 1. The molecule has 2 aromatic carbocycles. The fourth-order valence-corrected chi connectivity index (χ4v) is 2.76. The largest absolute Gasteiger partial charge is 0.386 e. The molecule has 0 unspecified atom stereocenters. The average molecular weight is 340 g/mol. The van der Waals surface area contributed by atoms with Gasteiger partial charge in [-0.15, -0.1) is 0 Å². The van der Waals surface area contributed by atoms with Gasteiger partial charge in [0.05, 0.1) is 24.5 Å². The summed E-state index contributed by atoms with van der Waals surface area (Å²) in [6.45, 7) is 8.83. The van der Waals surface area contributed by atoms with Crippen LogP contribution in [0.3, 0.4) is 0 Å². The van der Waals surface area contributed by atoms with E-state index in [1.54, 1.807) is 11.1 Å². The molecule has 5 nitrogen and oxygen atoms in total. The molecule has 0 aromatic heterocycles. The fraction of sp³-hybridized carbons (Fsp3) is 0.111. The van der Waals surface area contributed by atoms with Crippen LogP contribution in [0.2, 0.25) is 5.02 Å². The summed E-state index contributed by atoms with van der Waals surface area (Å²) >= 11 is 6.14. The summed E-state index contributed by atoms with van der Waals surface area (Å²) in [5, 5.41) is 6.47. The summed E-state index contributed by atoms with van der Waals surface area (Å²) < 4.78 is 0. The quantitative estimate of drug-likeness (QED) is 0.667. The van der Waals surface area contributed by atoms with Crippen molar-refractivity contribution in [3.8, 4) is 0 Å². The molecule has 0 atom stereocenters. The van der Waals surface area contributed by atoms with Crippen LogP contribution in [0, 0.1) is 0 Å². The van der Waals surface area contributed by atoms with Crippen molar-refractivity contribution in [1.29, 1.82) is 0 Å². The minimum Gasteiger partial charge on any atom is -0.386 e. The van der Waals surface area contributed by atoms with E-state index in [0.717, 1.165) is 16.9 Å². The van der Waals surface area contributed by atoms with Crippen molar-refractivity contribution in [2.24, 2.45) is 15.8 Å². The van der Waals surface area contributed by atoms with Gasteiger partial charge in [0.25, 0.3) is 0 Å². The van der Waals surface area contributed by atoms with Gasteiger partial charge in [0.2, 0.25) is 0 Å². The lowest BCUT2D eigenvalue weighted by atomic mass is 10.2. The van der Waals surface area contributed by atoms with Gasteiger partial charge in [-0.1, -0.05) is 48.5 Å². The first-order chi connectivity index (χ1) is 11.6. The first-order valence-corrected chi connectivity index (χ1v) is 7.83. The molecule has 1 heterocycles. The van der Waals surface area contributed by atoms with E-state index in [-0.39, 0.29) is 0 Å². The Bertz CT molecular complexity index is 800. The Kier molecular flexibility index (Phi) is 4.53. The number of nitrogens with zero attached hydrogens (tertiary/aromatic N) is 4. The van der Waals surface area contributed by atoms with Crippen LogP contribution in [0.15, 0.2) is 71.0 Å². The third-order valence-electron chi connectivity index (χ3n) is 3.77. The highest BCUT2D eigenvalue weighted by Crippen LogP contribution is 2.36. The molecule has 1 aliphatic heterocycles. The number of anilines is 1. The Balaban J connectivity index is 1.90. The van der Waals surface area contributed by atoms with E-state index in [1.165, 1.54) is 0 Å². The molecule has 0 radical (unpaired) electrons. The van der Waals surface area contributed by atoms with Gasteiger partial charge in [-0.25, -0.2) is 10.0 Å². The van der Waals surface area contributed by atoms with Gasteiger partial charge in [0.15, 0.2) is 0 Å². The maximum atomic E-state index is 6.14. The first-order valence-electron chi connectivity index (χ1n) is 7.45. The number of rotatable bonds is 5. The van der Waals surface area contributed by atoms with Gasteiger partial charge in [0, 0.05) is 11.7 Å². The van der Waals surface area contributed by atoms with Gasteiger partial charge >= 0.3 is 0 Å². The second-order valence-corrected chi connectivity index (χ2v) is 5.86. The number of hydrogen-bond donors (Lipinski definition) is 1. The van der Waals surface area contributed by atoms with E-state index >= 15 is 0 Å². The molecule has 0 spiro atoms. The lowest BCUT2D eigenvalue weighted by Crippen LogP contribution is -2.40. The van der Waals surface area contributed by atoms with Crippen LogP contribution in [0.4, 0.5) is 11.4 Å². The van der Waals surface area contributed by atoms with E-state index < -0.39 is 0 Å². The van der Waals surface area contributed by atoms with E-state index in [1.807, 2.05) is 47.4 Å². The van der Waals surface area contributed by atoms with E-state index in [0.29, 0.717) is 29.8 Å². The molecule has 6 heteroatoms. The van der Waals surface area contributed by atoms with Crippen LogP contribution in [-0.4, -0.2) is 24.1 Å². The normalized spacial score (nSPS) is 13.0.